The van der Waals surface area contributed by atoms with Gasteiger partial charge in [-0.1, -0.05) is 0 Å². The summed E-state index contributed by atoms with van der Waals surface area (Å²) >= 11 is 0. The summed E-state index contributed by atoms with van der Waals surface area (Å²) in [6.45, 7) is 4.99. The van der Waals surface area contributed by atoms with E-state index >= 15 is 0 Å². The molecule has 0 radical (unpaired) electrons. The number of pyridine rings is 1. The summed E-state index contributed by atoms with van der Waals surface area (Å²) in [5, 5.41) is 21.5. The van der Waals surface area contributed by atoms with Gasteiger partial charge in [-0.3, -0.25) is 20.0 Å². The van der Waals surface area contributed by atoms with Gasteiger partial charge in [0.1, 0.15) is 23.5 Å². The second kappa shape index (κ2) is 7.77. The molecule has 2 heterocycles. The smallest absolute Gasteiger partial charge is 0.411 e. The normalized spacial score (nSPS) is 19.0. The van der Waals surface area contributed by atoms with Gasteiger partial charge < -0.3 is 14.6 Å². The molecule has 1 aliphatic rings. The van der Waals surface area contributed by atoms with Crippen molar-refractivity contribution in [1.82, 2.24) is 9.88 Å². The van der Waals surface area contributed by atoms with Crippen molar-refractivity contribution < 1.29 is 29.1 Å². The highest BCUT2D eigenvalue weighted by molar-refractivity contribution is 5.92. The van der Waals surface area contributed by atoms with Crippen molar-refractivity contribution in [2.45, 2.75) is 44.8 Å². The minimum absolute atomic E-state index is 0.130. The maximum Gasteiger partial charge on any atom is 0.411 e. The maximum absolute atomic E-state index is 12.6. The van der Waals surface area contributed by atoms with Crippen molar-refractivity contribution in [3.05, 3.63) is 40.6 Å². The lowest BCUT2D eigenvalue weighted by Crippen LogP contribution is -2.57. The number of nitro groups is 1. The molecule has 1 amide bonds. The molecule has 30 heavy (non-hydrogen) atoms. The predicted molar refractivity (Wildman–Crippen MR) is 106 cm³/mol. The molecule has 1 aromatic carbocycles. The fourth-order valence-corrected chi connectivity index (χ4v) is 3.50. The molecule has 1 saturated heterocycles. The summed E-state index contributed by atoms with van der Waals surface area (Å²) in [4.78, 5) is 40.9. The number of amides is 1. The molecule has 1 aromatic heterocycles. The standard InChI is InChI=1S/C20H23N3O7/c1-19(2,3)30-18(26)22-11-5-9-20(22,17(24)25)12-29-15-8-7-14(23(27)28)13-6-4-10-21-16(13)15/h4,6-8,10H,5,9,11-12H2,1-3H3,(H,24,25). The second-order valence-electron chi connectivity index (χ2n) is 8.10. The summed E-state index contributed by atoms with van der Waals surface area (Å²) in [7, 11) is 0. The van der Waals surface area contributed by atoms with Gasteiger partial charge >= 0.3 is 12.1 Å². The van der Waals surface area contributed by atoms with Crippen LogP contribution < -0.4 is 4.74 Å². The Kier molecular flexibility index (Phi) is 5.51. The Labute approximate surface area is 172 Å². The SMILES string of the molecule is CC(C)(C)OC(=O)N1CCCC1(COc1ccc([N+](=O)[O-])c2cccnc12)C(=O)O. The van der Waals surface area contributed by atoms with Crippen LogP contribution in [0.4, 0.5) is 10.5 Å². The molecule has 2 aromatic rings. The number of ether oxygens (including phenoxy) is 2. The number of carbonyl (C=O) groups excluding carboxylic acids is 1. The average Bonchev–Trinajstić information content (AvgIpc) is 3.10. The van der Waals surface area contributed by atoms with Crippen molar-refractivity contribution >= 4 is 28.7 Å². The predicted octanol–water partition coefficient (Wildman–Crippen LogP) is 3.38. The maximum atomic E-state index is 12.6. The van der Waals surface area contributed by atoms with Gasteiger partial charge in [-0.25, -0.2) is 9.59 Å². The van der Waals surface area contributed by atoms with Crippen LogP contribution in [0.1, 0.15) is 33.6 Å². The van der Waals surface area contributed by atoms with E-state index in [1.165, 1.54) is 23.2 Å². The van der Waals surface area contributed by atoms with E-state index in [4.69, 9.17) is 9.47 Å². The van der Waals surface area contributed by atoms with Crippen molar-refractivity contribution in [2.24, 2.45) is 0 Å². The molecule has 0 saturated carbocycles. The zero-order chi connectivity index (χ0) is 22.1. The van der Waals surface area contributed by atoms with Crippen LogP contribution in [0.5, 0.6) is 5.75 Å². The third-order valence-electron chi connectivity index (χ3n) is 4.87. The number of hydrogen-bond donors (Lipinski definition) is 1. The van der Waals surface area contributed by atoms with Crippen LogP contribution in [0.15, 0.2) is 30.5 Å². The molecule has 1 N–H and O–H groups in total. The third-order valence-corrected chi connectivity index (χ3v) is 4.87. The van der Waals surface area contributed by atoms with Crippen molar-refractivity contribution in [1.29, 1.82) is 0 Å². The Bertz CT molecular complexity index is 1000. The van der Waals surface area contributed by atoms with Crippen LogP contribution in [-0.4, -0.2) is 56.3 Å². The molecule has 10 heteroatoms. The minimum atomic E-state index is -1.61. The Hall–Kier alpha value is -3.43. The second-order valence-corrected chi connectivity index (χ2v) is 8.10. The molecule has 0 spiro atoms. The number of fused-ring (bicyclic) bond motifs is 1. The largest absolute Gasteiger partial charge is 0.488 e. The number of aromatic nitrogens is 1. The molecular weight excluding hydrogens is 394 g/mol. The summed E-state index contributed by atoms with van der Waals surface area (Å²) in [5.74, 6) is -1.00. The van der Waals surface area contributed by atoms with E-state index in [0.29, 0.717) is 6.42 Å². The topological polar surface area (TPSA) is 132 Å². The van der Waals surface area contributed by atoms with Crippen LogP contribution in [0, 0.1) is 10.1 Å². The van der Waals surface area contributed by atoms with E-state index in [1.807, 2.05) is 0 Å². The van der Waals surface area contributed by atoms with Gasteiger partial charge in [0, 0.05) is 18.8 Å². The van der Waals surface area contributed by atoms with Crippen molar-refractivity contribution in [3.8, 4) is 5.75 Å². The van der Waals surface area contributed by atoms with E-state index < -0.39 is 28.1 Å². The Morgan fingerprint density at radius 1 is 1.33 bits per heavy atom. The number of hydrogen-bond acceptors (Lipinski definition) is 7. The Balaban J connectivity index is 1.92. The molecule has 3 rings (SSSR count). The quantitative estimate of drug-likeness (QED) is 0.578. The van der Waals surface area contributed by atoms with Crippen LogP contribution in [0.3, 0.4) is 0 Å². The van der Waals surface area contributed by atoms with E-state index in [-0.39, 0.29) is 41.9 Å². The molecule has 160 valence electrons. The number of carboxylic acid groups (broad SMARTS) is 1. The molecule has 10 nitrogen and oxygen atoms in total. The first-order valence-electron chi connectivity index (χ1n) is 9.44. The lowest BCUT2D eigenvalue weighted by Gasteiger charge is -2.35. The number of likely N-dealkylation sites (tertiary alicyclic amines) is 1. The highest BCUT2D eigenvalue weighted by Crippen LogP contribution is 2.35. The third kappa shape index (κ3) is 3.98. The summed E-state index contributed by atoms with van der Waals surface area (Å²) in [5.41, 5.74) is -2.27. The number of aliphatic carboxylic acids is 1. The van der Waals surface area contributed by atoms with Crippen molar-refractivity contribution in [2.75, 3.05) is 13.2 Å². The van der Waals surface area contributed by atoms with Gasteiger partial charge in [0.05, 0.1) is 10.3 Å². The van der Waals surface area contributed by atoms with Crippen LogP contribution in [0.25, 0.3) is 10.9 Å². The summed E-state index contributed by atoms with van der Waals surface area (Å²) < 4.78 is 11.2. The zero-order valence-electron chi connectivity index (χ0n) is 17.0. The summed E-state index contributed by atoms with van der Waals surface area (Å²) in [6, 6.07) is 5.78. The molecular formula is C20H23N3O7. The molecule has 1 fully saturated rings. The number of nitrogens with zero attached hydrogens (tertiary/aromatic N) is 3. The minimum Gasteiger partial charge on any atom is -0.488 e. The molecule has 1 unspecified atom stereocenters. The number of carbonyl (C=O) groups is 2. The first-order valence-corrected chi connectivity index (χ1v) is 9.44. The Morgan fingerprint density at radius 2 is 2.07 bits per heavy atom. The first kappa shape index (κ1) is 21.3. The molecule has 1 atom stereocenters. The van der Waals surface area contributed by atoms with Crippen LogP contribution in [-0.2, 0) is 9.53 Å². The lowest BCUT2D eigenvalue weighted by atomic mass is 9.97. The van der Waals surface area contributed by atoms with E-state index in [1.54, 1.807) is 32.9 Å². The van der Waals surface area contributed by atoms with Crippen molar-refractivity contribution in [3.63, 3.8) is 0 Å². The zero-order valence-corrected chi connectivity index (χ0v) is 17.0. The Morgan fingerprint density at radius 3 is 2.70 bits per heavy atom. The highest BCUT2D eigenvalue weighted by atomic mass is 16.6. The fraction of sp³-hybridized carbons (Fsp3) is 0.450. The number of benzene rings is 1. The van der Waals surface area contributed by atoms with E-state index in [2.05, 4.69) is 4.98 Å². The van der Waals surface area contributed by atoms with Crippen LogP contribution in [0.2, 0.25) is 0 Å². The van der Waals surface area contributed by atoms with Crippen LogP contribution >= 0.6 is 0 Å². The molecule has 0 bridgehead atoms. The molecule has 1 aliphatic heterocycles. The monoisotopic (exact) mass is 417 g/mol. The molecule has 0 aliphatic carbocycles. The van der Waals surface area contributed by atoms with Gasteiger partial charge in [-0.05, 0) is 51.8 Å². The van der Waals surface area contributed by atoms with E-state index in [0.717, 1.165) is 0 Å². The van der Waals surface area contributed by atoms with Gasteiger partial charge in [-0.15, -0.1) is 0 Å². The number of non-ortho nitro benzene ring substituents is 1. The first-order chi connectivity index (χ1) is 14.0. The van der Waals surface area contributed by atoms with E-state index in [9.17, 15) is 24.8 Å². The number of carboxylic acids is 1. The van der Waals surface area contributed by atoms with Gasteiger partial charge in [-0.2, -0.15) is 0 Å². The summed E-state index contributed by atoms with van der Waals surface area (Å²) in [6.07, 6.45) is 1.42. The van der Waals surface area contributed by atoms with Gasteiger partial charge in [0.2, 0.25) is 0 Å². The van der Waals surface area contributed by atoms with Gasteiger partial charge in [0.15, 0.2) is 5.54 Å². The van der Waals surface area contributed by atoms with Gasteiger partial charge in [0.25, 0.3) is 5.69 Å². The average molecular weight is 417 g/mol. The highest BCUT2D eigenvalue weighted by Gasteiger charge is 2.52. The fourth-order valence-electron chi connectivity index (χ4n) is 3.50. The lowest BCUT2D eigenvalue weighted by molar-refractivity contribution is -0.383. The number of rotatable bonds is 5. The number of nitro benzene ring substituents is 1.